The van der Waals surface area contributed by atoms with Crippen molar-refractivity contribution in [2.24, 2.45) is 0 Å². The Labute approximate surface area is 144 Å². The van der Waals surface area contributed by atoms with E-state index in [2.05, 4.69) is 22.2 Å². The third kappa shape index (κ3) is 4.31. The van der Waals surface area contributed by atoms with Crippen molar-refractivity contribution in [3.63, 3.8) is 0 Å². The van der Waals surface area contributed by atoms with Crippen molar-refractivity contribution in [3.8, 4) is 0 Å². The van der Waals surface area contributed by atoms with Gasteiger partial charge in [0.2, 0.25) is 5.91 Å². The van der Waals surface area contributed by atoms with Crippen molar-refractivity contribution in [1.82, 2.24) is 9.97 Å². The van der Waals surface area contributed by atoms with Crippen molar-refractivity contribution in [2.45, 2.75) is 41.0 Å². The van der Waals surface area contributed by atoms with Gasteiger partial charge >= 0.3 is 0 Å². The molecular weight excluding hydrogens is 300 g/mol. The Kier molecular flexibility index (Phi) is 5.90. The Bertz CT molecular complexity index is 707. The minimum Gasteiger partial charge on any atom is -0.347 e. The highest BCUT2D eigenvalue weighted by atomic mass is 16.2. The lowest BCUT2D eigenvalue weighted by Crippen LogP contribution is -2.34. The molecule has 0 aliphatic heterocycles. The number of rotatable bonds is 6. The number of amides is 1. The highest BCUT2D eigenvalue weighted by molar-refractivity contribution is 5.95. The van der Waals surface area contributed by atoms with Gasteiger partial charge in [-0.1, -0.05) is 25.1 Å². The van der Waals surface area contributed by atoms with Crippen LogP contribution in [0.2, 0.25) is 0 Å². The fourth-order valence-corrected chi connectivity index (χ4v) is 2.67. The van der Waals surface area contributed by atoms with Crippen molar-refractivity contribution in [3.05, 3.63) is 46.9 Å². The van der Waals surface area contributed by atoms with Gasteiger partial charge in [0.05, 0.1) is 6.54 Å². The van der Waals surface area contributed by atoms with Gasteiger partial charge in [-0.2, -0.15) is 0 Å². The van der Waals surface area contributed by atoms with Gasteiger partial charge in [0, 0.05) is 24.0 Å². The molecule has 24 heavy (non-hydrogen) atoms. The van der Waals surface area contributed by atoms with E-state index in [4.69, 9.17) is 0 Å². The third-order valence-corrected chi connectivity index (χ3v) is 4.03. The number of nitrogens with zero attached hydrogens (tertiary/aromatic N) is 3. The van der Waals surface area contributed by atoms with E-state index in [-0.39, 0.29) is 12.5 Å². The van der Waals surface area contributed by atoms with E-state index in [1.807, 2.05) is 56.9 Å². The lowest BCUT2D eigenvalue weighted by molar-refractivity contribution is -0.115. The molecule has 5 nitrogen and oxygen atoms in total. The smallest absolute Gasteiger partial charge is 0.243 e. The summed E-state index contributed by atoms with van der Waals surface area (Å²) in [6, 6.07) is 7.96. The Morgan fingerprint density at radius 1 is 1.12 bits per heavy atom. The van der Waals surface area contributed by atoms with Gasteiger partial charge in [0.25, 0.3) is 0 Å². The van der Waals surface area contributed by atoms with Crippen LogP contribution in [-0.4, -0.2) is 29.0 Å². The first kappa shape index (κ1) is 17.9. The number of hydrogen-bond acceptors (Lipinski definition) is 4. The largest absolute Gasteiger partial charge is 0.347 e. The second-order valence-corrected chi connectivity index (χ2v) is 5.95. The summed E-state index contributed by atoms with van der Waals surface area (Å²) in [7, 11) is 0. The maximum Gasteiger partial charge on any atom is 0.243 e. The van der Waals surface area contributed by atoms with Gasteiger partial charge in [0.15, 0.2) is 0 Å². The van der Waals surface area contributed by atoms with Crippen LogP contribution >= 0.6 is 0 Å². The minimum absolute atomic E-state index is 0.0384. The number of carbonyl (C=O) groups excluding carboxylic acids is 1. The lowest BCUT2D eigenvalue weighted by Gasteiger charge is -2.22. The van der Waals surface area contributed by atoms with Crippen LogP contribution in [0.1, 0.15) is 36.5 Å². The zero-order valence-electron chi connectivity index (χ0n) is 15.2. The summed E-state index contributed by atoms with van der Waals surface area (Å²) in [5.74, 6) is 1.50. The Balaban J connectivity index is 2.15. The van der Waals surface area contributed by atoms with Gasteiger partial charge in [-0.15, -0.1) is 0 Å². The molecule has 1 aromatic carbocycles. The number of aryl methyl sites for hydroxylation is 4. The van der Waals surface area contributed by atoms with Gasteiger partial charge in [0.1, 0.15) is 11.6 Å². The fraction of sp³-hybridized carbons (Fsp3) is 0.421. The second kappa shape index (κ2) is 7.90. The first-order valence-corrected chi connectivity index (χ1v) is 8.40. The average Bonchev–Trinajstić information content (AvgIpc) is 2.55. The molecule has 128 valence electrons. The van der Waals surface area contributed by atoms with Crippen LogP contribution in [0.15, 0.2) is 24.3 Å². The van der Waals surface area contributed by atoms with Crippen LogP contribution < -0.4 is 10.2 Å². The van der Waals surface area contributed by atoms with Crippen LogP contribution in [0, 0.1) is 20.8 Å². The second-order valence-electron chi connectivity index (χ2n) is 5.95. The van der Waals surface area contributed by atoms with E-state index in [0.29, 0.717) is 6.54 Å². The van der Waals surface area contributed by atoms with Crippen molar-refractivity contribution >= 4 is 17.4 Å². The first-order valence-electron chi connectivity index (χ1n) is 8.40. The fourth-order valence-electron chi connectivity index (χ4n) is 2.67. The standard InChI is InChI=1S/C19H26N4O/c1-6-16-11-17(21-15(5)20-16)23(7-2)12-18(24)22-19-13(3)9-8-10-14(19)4/h8-11H,6-7,12H2,1-5H3,(H,22,24). The molecule has 0 aliphatic rings. The molecule has 1 amide bonds. The Morgan fingerprint density at radius 3 is 2.38 bits per heavy atom. The molecule has 0 aliphatic carbocycles. The summed E-state index contributed by atoms with van der Waals surface area (Å²) in [6.45, 7) is 10.9. The Hall–Kier alpha value is -2.43. The van der Waals surface area contributed by atoms with E-state index < -0.39 is 0 Å². The molecule has 2 rings (SSSR count). The number of nitrogens with one attached hydrogen (secondary N) is 1. The monoisotopic (exact) mass is 326 g/mol. The first-order chi connectivity index (χ1) is 11.4. The van der Waals surface area contributed by atoms with E-state index in [0.717, 1.165) is 40.6 Å². The predicted molar refractivity (Wildman–Crippen MR) is 98.6 cm³/mol. The van der Waals surface area contributed by atoms with E-state index >= 15 is 0 Å². The van der Waals surface area contributed by atoms with Crippen LogP contribution in [0.4, 0.5) is 11.5 Å². The lowest BCUT2D eigenvalue weighted by atomic mass is 10.1. The predicted octanol–water partition coefficient (Wildman–Crippen LogP) is 3.43. The molecular formula is C19H26N4O. The van der Waals surface area contributed by atoms with Crippen molar-refractivity contribution in [2.75, 3.05) is 23.3 Å². The summed E-state index contributed by atoms with van der Waals surface area (Å²) < 4.78 is 0. The van der Waals surface area contributed by atoms with E-state index in [1.54, 1.807) is 0 Å². The van der Waals surface area contributed by atoms with Crippen LogP contribution in [0.3, 0.4) is 0 Å². The maximum absolute atomic E-state index is 12.5. The zero-order chi connectivity index (χ0) is 17.7. The Morgan fingerprint density at radius 2 is 1.79 bits per heavy atom. The molecule has 0 saturated carbocycles. The van der Waals surface area contributed by atoms with Gasteiger partial charge in [-0.25, -0.2) is 9.97 Å². The molecule has 0 radical (unpaired) electrons. The topological polar surface area (TPSA) is 58.1 Å². The maximum atomic E-state index is 12.5. The molecule has 0 atom stereocenters. The number of hydrogen-bond donors (Lipinski definition) is 1. The summed E-state index contributed by atoms with van der Waals surface area (Å²) in [5, 5.41) is 3.03. The minimum atomic E-state index is -0.0384. The highest BCUT2D eigenvalue weighted by Gasteiger charge is 2.14. The highest BCUT2D eigenvalue weighted by Crippen LogP contribution is 2.20. The number of likely N-dealkylation sites (N-methyl/N-ethyl adjacent to an activating group) is 1. The molecule has 0 fully saturated rings. The summed E-state index contributed by atoms with van der Waals surface area (Å²) in [4.78, 5) is 23.4. The summed E-state index contributed by atoms with van der Waals surface area (Å²) in [6.07, 6.45) is 0.850. The molecule has 0 spiro atoms. The van der Waals surface area contributed by atoms with Crippen LogP contribution in [-0.2, 0) is 11.2 Å². The van der Waals surface area contributed by atoms with Gasteiger partial charge in [-0.3, -0.25) is 4.79 Å². The SMILES string of the molecule is CCc1cc(N(CC)CC(=O)Nc2c(C)cccc2C)nc(C)n1. The summed E-state index contributed by atoms with van der Waals surface area (Å²) >= 11 is 0. The molecule has 1 heterocycles. The summed E-state index contributed by atoms with van der Waals surface area (Å²) in [5.41, 5.74) is 4.02. The molecule has 1 N–H and O–H groups in total. The van der Waals surface area contributed by atoms with Crippen molar-refractivity contribution in [1.29, 1.82) is 0 Å². The van der Waals surface area contributed by atoms with Crippen LogP contribution in [0.5, 0.6) is 0 Å². The average molecular weight is 326 g/mol. The molecule has 0 unspecified atom stereocenters. The van der Waals surface area contributed by atoms with E-state index in [9.17, 15) is 4.79 Å². The van der Waals surface area contributed by atoms with Crippen molar-refractivity contribution < 1.29 is 4.79 Å². The molecule has 0 saturated heterocycles. The van der Waals surface area contributed by atoms with Gasteiger partial charge in [-0.05, 0) is 45.2 Å². The number of benzene rings is 1. The third-order valence-electron chi connectivity index (χ3n) is 4.03. The quantitative estimate of drug-likeness (QED) is 0.883. The number of anilines is 2. The van der Waals surface area contributed by atoms with Crippen LogP contribution in [0.25, 0.3) is 0 Å². The normalized spacial score (nSPS) is 10.5. The number of aromatic nitrogens is 2. The molecule has 1 aromatic heterocycles. The number of carbonyl (C=O) groups is 1. The zero-order valence-corrected chi connectivity index (χ0v) is 15.2. The van der Waals surface area contributed by atoms with Gasteiger partial charge < -0.3 is 10.2 Å². The van der Waals surface area contributed by atoms with E-state index in [1.165, 1.54) is 0 Å². The molecule has 5 heteroatoms. The molecule has 0 bridgehead atoms. The number of para-hydroxylation sites is 1. The molecule has 2 aromatic rings.